The minimum atomic E-state index is -0.283. The summed E-state index contributed by atoms with van der Waals surface area (Å²) in [5.41, 5.74) is 3.41. The number of nitrogens with zero attached hydrogens (tertiary/aromatic N) is 5. The number of aromatic nitrogens is 5. The molecule has 0 saturated carbocycles. The molecule has 0 aliphatic carbocycles. The smallest absolute Gasteiger partial charge is 0.214 e. The van der Waals surface area contributed by atoms with Gasteiger partial charge in [-0.2, -0.15) is 4.68 Å². The van der Waals surface area contributed by atoms with Gasteiger partial charge in [-0.15, -0.1) is 5.10 Å². The Balaban J connectivity index is 1.53. The molecule has 0 spiro atoms. The van der Waals surface area contributed by atoms with Gasteiger partial charge in [-0.05, 0) is 53.7 Å². The highest BCUT2D eigenvalue weighted by molar-refractivity contribution is 7.98. The van der Waals surface area contributed by atoms with Crippen LogP contribution in [0.2, 0.25) is 0 Å². The molecule has 0 unspecified atom stereocenters. The van der Waals surface area contributed by atoms with Crippen molar-refractivity contribution in [3.63, 3.8) is 0 Å². The molecule has 0 saturated heterocycles. The maximum absolute atomic E-state index is 13.1. The monoisotopic (exact) mass is 367 g/mol. The lowest BCUT2D eigenvalue weighted by molar-refractivity contribution is 0.426. The molecule has 4 aromatic rings. The molecule has 0 atom stereocenters. The lowest BCUT2D eigenvalue weighted by Gasteiger charge is -2.03. The standard InChI is InChI=1S/C18H14FN5OS/c1-12-16(21-25-17(12)13-7-9-14(19)10-8-13)11-26-18-20-22-23-24(18)15-5-3-2-4-6-15/h2-10H,11H2,1H3. The molecule has 6 nitrogen and oxygen atoms in total. The summed E-state index contributed by atoms with van der Waals surface area (Å²) in [6.07, 6.45) is 0. The summed E-state index contributed by atoms with van der Waals surface area (Å²) in [6, 6.07) is 15.8. The van der Waals surface area contributed by atoms with Crippen molar-refractivity contribution in [2.45, 2.75) is 17.8 Å². The van der Waals surface area contributed by atoms with Gasteiger partial charge in [0.15, 0.2) is 5.76 Å². The first-order valence-electron chi connectivity index (χ1n) is 7.90. The van der Waals surface area contributed by atoms with Crippen LogP contribution in [0.25, 0.3) is 17.0 Å². The highest BCUT2D eigenvalue weighted by Crippen LogP contribution is 2.29. The van der Waals surface area contributed by atoms with E-state index in [2.05, 4.69) is 20.7 Å². The molecule has 0 aliphatic heterocycles. The Morgan fingerprint density at radius 2 is 1.85 bits per heavy atom. The van der Waals surface area contributed by atoms with Gasteiger partial charge in [-0.25, -0.2) is 4.39 Å². The number of halogens is 1. The van der Waals surface area contributed by atoms with Crippen LogP contribution in [0.4, 0.5) is 4.39 Å². The Kier molecular flexibility index (Phi) is 4.49. The van der Waals surface area contributed by atoms with E-state index in [1.165, 1.54) is 23.9 Å². The molecular formula is C18H14FN5OS. The highest BCUT2D eigenvalue weighted by Gasteiger charge is 2.16. The van der Waals surface area contributed by atoms with Crippen LogP contribution in [0.3, 0.4) is 0 Å². The van der Waals surface area contributed by atoms with Gasteiger partial charge in [0.05, 0.1) is 11.4 Å². The maximum Gasteiger partial charge on any atom is 0.214 e. The predicted molar refractivity (Wildman–Crippen MR) is 95.3 cm³/mol. The van der Waals surface area contributed by atoms with E-state index in [0.29, 0.717) is 16.7 Å². The van der Waals surface area contributed by atoms with E-state index in [1.54, 1.807) is 16.8 Å². The third-order valence-corrected chi connectivity index (χ3v) is 4.84. The zero-order valence-electron chi connectivity index (χ0n) is 13.8. The minimum absolute atomic E-state index is 0.283. The fourth-order valence-corrected chi connectivity index (χ4v) is 3.40. The van der Waals surface area contributed by atoms with Gasteiger partial charge < -0.3 is 4.52 Å². The Labute approximate surface area is 153 Å². The van der Waals surface area contributed by atoms with Crippen LogP contribution in [-0.4, -0.2) is 25.4 Å². The minimum Gasteiger partial charge on any atom is -0.356 e. The average Bonchev–Trinajstić information content (AvgIpc) is 3.28. The third-order valence-electron chi connectivity index (χ3n) is 3.91. The predicted octanol–water partition coefficient (Wildman–Crippen LogP) is 4.06. The average molecular weight is 367 g/mol. The number of rotatable bonds is 5. The van der Waals surface area contributed by atoms with Crippen LogP contribution in [0.5, 0.6) is 0 Å². The van der Waals surface area contributed by atoms with Crippen molar-refractivity contribution in [1.29, 1.82) is 0 Å². The van der Waals surface area contributed by atoms with Crippen LogP contribution >= 0.6 is 11.8 Å². The Morgan fingerprint density at radius 1 is 1.08 bits per heavy atom. The number of hydrogen-bond donors (Lipinski definition) is 0. The number of tetrazole rings is 1. The topological polar surface area (TPSA) is 69.6 Å². The van der Waals surface area contributed by atoms with Crippen molar-refractivity contribution in [2.75, 3.05) is 0 Å². The van der Waals surface area contributed by atoms with Crippen molar-refractivity contribution in [3.05, 3.63) is 71.7 Å². The molecule has 0 bridgehead atoms. The zero-order valence-corrected chi connectivity index (χ0v) is 14.7. The Hall–Kier alpha value is -3.00. The number of thioether (sulfide) groups is 1. The van der Waals surface area contributed by atoms with Crippen molar-refractivity contribution >= 4 is 11.8 Å². The fraction of sp³-hybridized carbons (Fsp3) is 0.111. The van der Waals surface area contributed by atoms with Gasteiger partial charge in [-0.1, -0.05) is 35.1 Å². The van der Waals surface area contributed by atoms with Crippen LogP contribution in [0.15, 0.2) is 64.3 Å². The molecule has 26 heavy (non-hydrogen) atoms. The van der Waals surface area contributed by atoms with Crippen LogP contribution in [0.1, 0.15) is 11.3 Å². The zero-order chi connectivity index (χ0) is 17.9. The summed E-state index contributed by atoms with van der Waals surface area (Å²) in [5, 5.41) is 16.7. The lowest BCUT2D eigenvalue weighted by Crippen LogP contribution is -1.98. The third kappa shape index (κ3) is 3.23. The first-order chi connectivity index (χ1) is 12.7. The molecule has 2 heterocycles. The molecule has 0 N–H and O–H groups in total. The summed E-state index contributed by atoms with van der Waals surface area (Å²) in [6.45, 7) is 1.94. The van der Waals surface area contributed by atoms with Crippen molar-refractivity contribution < 1.29 is 8.91 Å². The molecule has 0 aliphatic rings. The summed E-state index contributed by atoms with van der Waals surface area (Å²) < 4.78 is 20.2. The van der Waals surface area contributed by atoms with Crippen molar-refractivity contribution in [3.8, 4) is 17.0 Å². The van der Waals surface area contributed by atoms with E-state index in [0.717, 1.165) is 22.5 Å². The van der Waals surface area contributed by atoms with E-state index >= 15 is 0 Å². The highest BCUT2D eigenvalue weighted by atomic mass is 32.2. The summed E-state index contributed by atoms with van der Waals surface area (Å²) in [7, 11) is 0. The van der Waals surface area contributed by atoms with Gasteiger partial charge in [0.1, 0.15) is 5.82 Å². The molecule has 8 heteroatoms. The van der Waals surface area contributed by atoms with Gasteiger partial charge >= 0.3 is 0 Å². The number of para-hydroxylation sites is 1. The lowest BCUT2D eigenvalue weighted by atomic mass is 10.1. The molecular weight excluding hydrogens is 353 g/mol. The van der Waals surface area contributed by atoms with E-state index in [9.17, 15) is 4.39 Å². The molecule has 0 radical (unpaired) electrons. The number of benzene rings is 2. The van der Waals surface area contributed by atoms with Gasteiger partial charge in [0, 0.05) is 16.9 Å². The van der Waals surface area contributed by atoms with Crippen LogP contribution in [-0.2, 0) is 5.75 Å². The Morgan fingerprint density at radius 3 is 2.62 bits per heavy atom. The quantitative estimate of drug-likeness (QED) is 0.496. The summed E-state index contributed by atoms with van der Waals surface area (Å²) >= 11 is 1.47. The van der Waals surface area contributed by atoms with Crippen LogP contribution in [0, 0.1) is 12.7 Å². The van der Waals surface area contributed by atoms with E-state index < -0.39 is 0 Å². The summed E-state index contributed by atoms with van der Waals surface area (Å²) in [5.74, 6) is 0.918. The normalized spacial score (nSPS) is 11.0. The fourth-order valence-electron chi connectivity index (χ4n) is 2.51. The van der Waals surface area contributed by atoms with Crippen molar-refractivity contribution in [2.24, 2.45) is 0 Å². The number of hydrogen-bond acceptors (Lipinski definition) is 6. The van der Waals surface area contributed by atoms with Crippen molar-refractivity contribution in [1.82, 2.24) is 25.4 Å². The first-order valence-corrected chi connectivity index (χ1v) is 8.88. The Bertz CT molecular complexity index is 1010. The molecule has 4 rings (SSSR count). The molecule has 130 valence electrons. The van der Waals surface area contributed by atoms with Gasteiger partial charge in [0.25, 0.3) is 0 Å². The first kappa shape index (κ1) is 16.5. The molecule has 2 aromatic heterocycles. The largest absolute Gasteiger partial charge is 0.356 e. The molecule has 0 amide bonds. The van der Waals surface area contributed by atoms with E-state index in [-0.39, 0.29) is 5.82 Å². The second kappa shape index (κ2) is 7.09. The second-order valence-corrected chi connectivity index (χ2v) is 6.53. The van der Waals surface area contributed by atoms with Gasteiger partial charge in [-0.3, -0.25) is 0 Å². The molecule has 2 aromatic carbocycles. The maximum atomic E-state index is 13.1. The second-order valence-electron chi connectivity index (χ2n) is 5.59. The van der Waals surface area contributed by atoms with E-state index in [1.807, 2.05) is 37.3 Å². The van der Waals surface area contributed by atoms with Crippen LogP contribution < -0.4 is 0 Å². The van der Waals surface area contributed by atoms with Gasteiger partial charge in [0.2, 0.25) is 5.16 Å². The molecule has 0 fully saturated rings. The van der Waals surface area contributed by atoms with E-state index in [4.69, 9.17) is 4.52 Å². The SMILES string of the molecule is Cc1c(CSc2nnnn2-c2ccccc2)noc1-c1ccc(F)cc1. The summed E-state index contributed by atoms with van der Waals surface area (Å²) in [4.78, 5) is 0.